The summed E-state index contributed by atoms with van der Waals surface area (Å²) in [7, 11) is 1.06. The van der Waals surface area contributed by atoms with Gasteiger partial charge in [-0.15, -0.1) is 0 Å². The molecule has 0 bridgehead atoms. The Morgan fingerprint density at radius 2 is 1.71 bits per heavy atom. The van der Waals surface area contributed by atoms with Gasteiger partial charge in [0.05, 0.1) is 7.11 Å². The Labute approximate surface area is 117 Å². The largest absolute Gasteiger partial charge is 0.496 e. The summed E-state index contributed by atoms with van der Waals surface area (Å²) in [4.78, 5) is 12.2. The third-order valence-corrected chi connectivity index (χ3v) is 2.94. The molecule has 0 radical (unpaired) electrons. The zero-order valence-corrected chi connectivity index (χ0v) is 11.2. The van der Waals surface area contributed by atoms with Gasteiger partial charge < -0.3 is 4.74 Å². The number of benzene rings is 1. The molecule has 2 rings (SSSR count). The van der Waals surface area contributed by atoms with Gasteiger partial charge in [0.2, 0.25) is 0 Å². The van der Waals surface area contributed by atoms with Crippen LogP contribution in [0.4, 0.5) is 17.6 Å². The van der Waals surface area contributed by atoms with Gasteiger partial charge in [0.15, 0.2) is 5.56 Å². The van der Waals surface area contributed by atoms with E-state index in [4.69, 9.17) is 0 Å². The molecule has 0 aliphatic rings. The molecule has 2 aromatic rings. The average Bonchev–Trinajstić information content (AvgIpc) is 2.38. The summed E-state index contributed by atoms with van der Waals surface area (Å²) in [6, 6.07) is 5.72. The number of pyridine rings is 1. The summed E-state index contributed by atoms with van der Waals surface area (Å²) in [5.41, 5.74) is -2.26. The first-order chi connectivity index (χ1) is 9.75. The van der Waals surface area contributed by atoms with Gasteiger partial charge in [-0.25, -0.2) is 4.39 Å². The molecule has 21 heavy (non-hydrogen) atoms. The zero-order chi connectivity index (χ0) is 15.8. The molecule has 0 spiro atoms. The molecule has 0 saturated heterocycles. The molecule has 0 N–H and O–H groups in total. The number of aryl methyl sites for hydroxylation is 1. The van der Waals surface area contributed by atoms with Gasteiger partial charge in [-0.05, 0) is 31.2 Å². The van der Waals surface area contributed by atoms with E-state index in [1.165, 1.54) is 19.1 Å². The molecule has 112 valence electrons. The highest BCUT2D eigenvalue weighted by Crippen LogP contribution is 2.34. The van der Waals surface area contributed by atoms with Crippen LogP contribution in [-0.4, -0.2) is 11.7 Å². The van der Waals surface area contributed by atoms with Gasteiger partial charge in [-0.2, -0.15) is 13.2 Å². The monoisotopic (exact) mass is 301 g/mol. The van der Waals surface area contributed by atoms with E-state index < -0.39 is 28.9 Å². The van der Waals surface area contributed by atoms with Gasteiger partial charge in [-0.3, -0.25) is 9.36 Å². The summed E-state index contributed by atoms with van der Waals surface area (Å²) in [5, 5.41) is 0. The van der Waals surface area contributed by atoms with Crippen LogP contribution in [0.1, 0.15) is 11.3 Å². The molecular formula is C14H11F4NO2. The number of hydrogen-bond donors (Lipinski definition) is 0. The number of hydrogen-bond acceptors (Lipinski definition) is 2. The predicted molar refractivity (Wildman–Crippen MR) is 68.3 cm³/mol. The predicted octanol–water partition coefficient (Wildman–Crippen LogP) is 3.31. The summed E-state index contributed by atoms with van der Waals surface area (Å²) >= 11 is 0. The molecule has 3 nitrogen and oxygen atoms in total. The molecule has 0 fully saturated rings. The molecule has 0 saturated carbocycles. The maximum atomic E-state index is 13.0. The van der Waals surface area contributed by atoms with Crippen molar-refractivity contribution in [2.45, 2.75) is 13.1 Å². The fourth-order valence-corrected chi connectivity index (χ4v) is 2.04. The van der Waals surface area contributed by atoms with Crippen molar-refractivity contribution < 1.29 is 22.3 Å². The lowest BCUT2D eigenvalue weighted by atomic mass is 10.2. The van der Waals surface area contributed by atoms with E-state index >= 15 is 0 Å². The lowest BCUT2D eigenvalue weighted by molar-refractivity contribution is -0.140. The standard InChI is InChI=1S/C14H11F4NO2/c1-8-7-11(21-2)12(14(16,17)18)13(20)19(8)10-5-3-9(15)4-6-10/h3-7H,1-2H3. The molecule has 1 heterocycles. The van der Waals surface area contributed by atoms with Crippen molar-refractivity contribution in [2.24, 2.45) is 0 Å². The molecule has 7 heteroatoms. The van der Waals surface area contributed by atoms with Crippen LogP contribution in [-0.2, 0) is 6.18 Å². The Kier molecular flexibility index (Phi) is 3.76. The Morgan fingerprint density at radius 3 is 2.19 bits per heavy atom. The minimum atomic E-state index is -4.85. The Bertz CT molecular complexity index is 717. The van der Waals surface area contributed by atoms with Gasteiger partial charge in [0.25, 0.3) is 5.56 Å². The molecular weight excluding hydrogens is 290 g/mol. The normalized spacial score (nSPS) is 11.5. The van der Waals surface area contributed by atoms with Crippen LogP contribution < -0.4 is 10.3 Å². The Morgan fingerprint density at radius 1 is 1.14 bits per heavy atom. The third-order valence-electron chi connectivity index (χ3n) is 2.94. The van der Waals surface area contributed by atoms with Crippen molar-refractivity contribution in [2.75, 3.05) is 7.11 Å². The van der Waals surface area contributed by atoms with Crippen LogP contribution in [0.2, 0.25) is 0 Å². The highest BCUT2D eigenvalue weighted by atomic mass is 19.4. The number of methoxy groups -OCH3 is 1. The highest BCUT2D eigenvalue weighted by molar-refractivity contribution is 5.42. The number of nitrogens with zero attached hydrogens (tertiary/aromatic N) is 1. The maximum Gasteiger partial charge on any atom is 0.425 e. The lowest BCUT2D eigenvalue weighted by Gasteiger charge is -2.17. The van der Waals surface area contributed by atoms with Crippen molar-refractivity contribution in [1.29, 1.82) is 0 Å². The van der Waals surface area contributed by atoms with Crippen molar-refractivity contribution in [3.63, 3.8) is 0 Å². The highest BCUT2D eigenvalue weighted by Gasteiger charge is 2.39. The SMILES string of the molecule is COc1cc(C)n(-c2ccc(F)cc2)c(=O)c1C(F)(F)F. The van der Waals surface area contributed by atoms with Crippen LogP contribution in [0.5, 0.6) is 5.75 Å². The summed E-state index contributed by atoms with van der Waals surface area (Å²) < 4.78 is 57.5. The van der Waals surface area contributed by atoms with E-state index in [0.29, 0.717) is 0 Å². The molecule has 0 aliphatic heterocycles. The fraction of sp³-hybridized carbons (Fsp3) is 0.214. The van der Waals surface area contributed by atoms with Gasteiger partial charge in [0, 0.05) is 17.4 Å². The second kappa shape index (κ2) is 5.23. The van der Waals surface area contributed by atoms with Crippen LogP contribution >= 0.6 is 0 Å². The van der Waals surface area contributed by atoms with Crippen molar-refractivity contribution in [1.82, 2.24) is 4.57 Å². The van der Waals surface area contributed by atoms with Gasteiger partial charge in [0.1, 0.15) is 11.6 Å². The summed E-state index contributed by atoms with van der Waals surface area (Å²) in [6.07, 6.45) is -4.85. The zero-order valence-electron chi connectivity index (χ0n) is 11.2. The number of ether oxygens (including phenoxy) is 1. The topological polar surface area (TPSA) is 31.2 Å². The summed E-state index contributed by atoms with van der Waals surface area (Å²) in [5.74, 6) is -1.09. The van der Waals surface area contributed by atoms with E-state index in [9.17, 15) is 22.4 Å². The second-order valence-corrected chi connectivity index (χ2v) is 4.34. The first-order valence-corrected chi connectivity index (χ1v) is 5.89. The van der Waals surface area contributed by atoms with E-state index in [2.05, 4.69) is 4.74 Å². The molecule has 1 aromatic carbocycles. The fourth-order valence-electron chi connectivity index (χ4n) is 2.04. The first-order valence-electron chi connectivity index (χ1n) is 5.89. The van der Waals surface area contributed by atoms with E-state index in [0.717, 1.165) is 29.9 Å². The molecule has 1 aromatic heterocycles. The van der Waals surface area contributed by atoms with E-state index in [1.54, 1.807) is 0 Å². The Hall–Kier alpha value is -2.31. The summed E-state index contributed by atoms with van der Waals surface area (Å²) in [6.45, 7) is 1.47. The maximum absolute atomic E-state index is 13.0. The van der Waals surface area contributed by atoms with Crippen molar-refractivity contribution >= 4 is 0 Å². The first kappa shape index (κ1) is 15.1. The average molecular weight is 301 g/mol. The smallest absolute Gasteiger partial charge is 0.425 e. The molecule has 0 amide bonds. The quantitative estimate of drug-likeness (QED) is 0.797. The molecule has 0 aliphatic carbocycles. The number of aromatic nitrogens is 1. The molecule has 0 atom stereocenters. The van der Waals surface area contributed by atoms with E-state index in [-0.39, 0.29) is 11.4 Å². The minimum Gasteiger partial charge on any atom is -0.496 e. The van der Waals surface area contributed by atoms with Crippen molar-refractivity contribution in [3.8, 4) is 11.4 Å². The van der Waals surface area contributed by atoms with Gasteiger partial charge >= 0.3 is 6.18 Å². The minimum absolute atomic E-state index is 0.145. The second-order valence-electron chi connectivity index (χ2n) is 4.34. The lowest BCUT2D eigenvalue weighted by Crippen LogP contribution is -2.29. The number of halogens is 4. The van der Waals surface area contributed by atoms with E-state index in [1.807, 2.05) is 0 Å². The number of alkyl halides is 3. The third kappa shape index (κ3) is 2.76. The Balaban J connectivity index is 2.79. The molecule has 0 unspecified atom stereocenters. The van der Waals surface area contributed by atoms with Crippen LogP contribution in [0.25, 0.3) is 5.69 Å². The number of rotatable bonds is 2. The van der Waals surface area contributed by atoms with Crippen LogP contribution in [0, 0.1) is 12.7 Å². The van der Waals surface area contributed by atoms with Crippen LogP contribution in [0.3, 0.4) is 0 Å². The van der Waals surface area contributed by atoms with Gasteiger partial charge in [-0.1, -0.05) is 0 Å². The van der Waals surface area contributed by atoms with Crippen molar-refractivity contribution in [3.05, 3.63) is 57.8 Å². The van der Waals surface area contributed by atoms with Crippen LogP contribution in [0.15, 0.2) is 35.1 Å².